The minimum atomic E-state index is -1.26. The number of carbonyl (C=O) groups is 3. The molecule has 126 valence electrons. The van der Waals surface area contributed by atoms with Gasteiger partial charge in [0.15, 0.2) is 0 Å². The zero-order chi connectivity index (χ0) is 17.2. The van der Waals surface area contributed by atoms with Gasteiger partial charge in [0.2, 0.25) is 12.1 Å². The van der Waals surface area contributed by atoms with Crippen LogP contribution in [0.25, 0.3) is 0 Å². The molecule has 0 aliphatic heterocycles. The Morgan fingerprint density at radius 1 is 1.00 bits per heavy atom. The molecule has 2 amide bonds. The topological polar surface area (TPSA) is 103 Å². The van der Waals surface area contributed by atoms with Gasteiger partial charge in [0.25, 0.3) is 0 Å². The molecule has 0 aliphatic rings. The lowest BCUT2D eigenvalue weighted by atomic mass is 10.1. The van der Waals surface area contributed by atoms with Crippen LogP contribution < -0.4 is 10.6 Å². The molecule has 0 radical (unpaired) electrons. The van der Waals surface area contributed by atoms with Crippen LogP contribution in [-0.4, -0.2) is 51.6 Å². The summed E-state index contributed by atoms with van der Waals surface area (Å²) in [6.45, 7) is 0. The van der Waals surface area contributed by atoms with Crippen molar-refractivity contribution in [1.82, 2.24) is 10.6 Å². The Kier molecular flexibility index (Phi) is 7.55. The van der Waals surface area contributed by atoms with Crippen LogP contribution in [0.3, 0.4) is 0 Å². The lowest BCUT2D eigenvalue weighted by Crippen LogP contribution is -2.53. The zero-order valence-corrected chi connectivity index (χ0v) is 13.2. The Labute approximate surface area is 134 Å². The van der Waals surface area contributed by atoms with E-state index in [4.69, 9.17) is 4.74 Å². The van der Waals surface area contributed by atoms with Gasteiger partial charge in [0, 0.05) is 13.5 Å². The number of nitrogens with one attached hydrogen (secondary N) is 2. The summed E-state index contributed by atoms with van der Waals surface area (Å²) in [6, 6.07) is 8.15. The Bertz CT molecular complexity index is 534. The highest BCUT2D eigenvalue weighted by atomic mass is 16.6. The van der Waals surface area contributed by atoms with E-state index < -0.39 is 30.2 Å². The summed E-state index contributed by atoms with van der Waals surface area (Å²) in [5.74, 6) is -1.35. The first-order valence-corrected chi connectivity index (χ1v) is 6.81. The summed E-state index contributed by atoms with van der Waals surface area (Å²) in [4.78, 5) is 35.2. The number of benzene rings is 1. The summed E-state index contributed by atoms with van der Waals surface area (Å²) < 4.78 is 13.9. The smallest absolute Gasteiger partial charge is 0.407 e. The van der Waals surface area contributed by atoms with Gasteiger partial charge in [-0.3, -0.25) is 4.79 Å². The fourth-order valence-corrected chi connectivity index (χ4v) is 1.81. The lowest BCUT2D eigenvalue weighted by Gasteiger charge is -2.21. The van der Waals surface area contributed by atoms with Gasteiger partial charge < -0.3 is 24.8 Å². The van der Waals surface area contributed by atoms with Crippen LogP contribution in [0.4, 0.5) is 4.79 Å². The van der Waals surface area contributed by atoms with Crippen molar-refractivity contribution in [3.05, 3.63) is 35.9 Å². The quantitative estimate of drug-likeness (QED) is 0.549. The van der Waals surface area contributed by atoms with Crippen LogP contribution in [0, 0.1) is 0 Å². The van der Waals surface area contributed by atoms with E-state index in [1.807, 2.05) is 30.3 Å². The number of hydrogen-bond acceptors (Lipinski definition) is 6. The van der Waals surface area contributed by atoms with Crippen molar-refractivity contribution >= 4 is 18.0 Å². The molecule has 0 heterocycles. The van der Waals surface area contributed by atoms with Crippen LogP contribution in [0.2, 0.25) is 0 Å². The predicted molar refractivity (Wildman–Crippen MR) is 80.4 cm³/mol. The molecule has 1 aromatic carbocycles. The van der Waals surface area contributed by atoms with Gasteiger partial charge in [-0.05, 0) is 5.56 Å². The largest absolute Gasteiger partial charge is 0.466 e. The fraction of sp³-hybridized carbons (Fsp3) is 0.400. The third-order valence-corrected chi connectivity index (χ3v) is 3.00. The van der Waals surface area contributed by atoms with E-state index in [1.54, 1.807) is 0 Å². The van der Waals surface area contributed by atoms with Gasteiger partial charge in [-0.2, -0.15) is 0 Å². The maximum atomic E-state index is 12.3. The summed E-state index contributed by atoms with van der Waals surface area (Å²) in [5.41, 5.74) is 0.830. The van der Waals surface area contributed by atoms with Crippen LogP contribution in [0.1, 0.15) is 5.56 Å². The van der Waals surface area contributed by atoms with Crippen LogP contribution >= 0.6 is 0 Å². The SMILES string of the molecule is COC(=O)N[C@@H](Cc1ccccc1)C(=O)NC(OC)C(=O)OC. The van der Waals surface area contributed by atoms with E-state index in [-0.39, 0.29) is 6.42 Å². The fourth-order valence-electron chi connectivity index (χ4n) is 1.81. The first-order valence-electron chi connectivity index (χ1n) is 6.81. The molecule has 0 saturated carbocycles. The van der Waals surface area contributed by atoms with Gasteiger partial charge in [-0.15, -0.1) is 0 Å². The van der Waals surface area contributed by atoms with Crippen molar-refractivity contribution in [3.8, 4) is 0 Å². The highest BCUT2D eigenvalue weighted by Gasteiger charge is 2.27. The average molecular weight is 324 g/mol. The van der Waals surface area contributed by atoms with E-state index in [0.717, 1.165) is 5.56 Å². The van der Waals surface area contributed by atoms with Crippen molar-refractivity contribution in [2.75, 3.05) is 21.3 Å². The summed E-state index contributed by atoms with van der Waals surface area (Å²) in [6.07, 6.45) is -1.79. The lowest BCUT2D eigenvalue weighted by molar-refractivity contribution is -0.157. The van der Waals surface area contributed by atoms with E-state index in [0.29, 0.717) is 0 Å². The third-order valence-electron chi connectivity index (χ3n) is 3.00. The maximum Gasteiger partial charge on any atom is 0.407 e. The molecule has 0 saturated heterocycles. The van der Waals surface area contributed by atoms with Crippen molar-refractivity contribution in [2.24, 2.45) is 0 Å². The standard InChI is InChI=1S/C15H20N2O6/c1-21-13(14(19)22-2)17-12(18)11(16-15(20)23-3)9-10-7-5-4-6-8-10/h4-8,11,13H,9H2,1-3H3,(H,16,20)(H,17,18)/t11-,13?/m0/s1. The Hall–Kier alpha value is -2.61. The van der Waals surface area contributed by atoms with Gasteiger partial charge in [-0.25, -0.2) is 9.59 Å². The number of carbonyl (C=O) groups excluding carboxylic acids is 3. The van der Waals surface area contributed by atoms with E-state index >= 15 is 0 Å². The first-order chi connectivity index (χ1) is 11.0. The van der Waals surface area contributed by atoms with Gasteiger partial charge in [-0.1, -0.05) is 30.3 Å². The zero-order valence-electron chi connectivity index (χ0n) is 13.2. The minimum absolute atomic E-state index is 0.222. The van der Waals surface area contributed by atoms with Crippen molar-refractivity contribution in [1.29, 1.82) is 0 Å². The molecule has 0 aliphatic carbocycles. The molecule has 0 spiro atoms. The van der Waals surface area contributed by atoms with E-state index in [2.05, 4.69) is 20.1 Å². The third kappa shape index (κ3) is 5.95. The second-order valence-corrected chi connectivity index (χ2v) is 4.53. The number of amides is 2. The maximum absolute atomic E-state index is 12.3. The monoisotopic (exact) mass is 324 g/mol. The van der Waals surface area contributed by atoms with Crippen molar-refractivity contribution in [3.63, 3.8) is 0 Å². The molecular weight excluding hydrogens is 304 g/mol. The molecule has 2 N–H and O–H groups in total. The van der Waals surface area contributed by atoms with E-state index in [1.165, 1.54) is 21.3 Å². The molecule has 8 heteroatoms. The molecule has 1 rings (SSSR count). The molecule has 0 aromatic heterocycles. The minimum Gasteiger partial charge on any atom is -0.466 e. The van der Waals surface area contributed by atoms with E-state index in [9.17, 15) is 14.4 Å². The number of alkyl carbamates (subject to hydrolysis) is 1. The molecule has 0 bridgehead atoms. The van der Waals surface area contributed by atoms with Gasteiger partial charge in [0.05, 0.1) is 14.2 Å². The molecule has 1 unspecified atom stereocenters. The molecule has 23 heavy (non-hydrogen) atoms. The molecular formula is C15H20N2O6. The number of ether oxygens (including phenoxy) is 3. The van der Waals surface area contributed by atoms with Gasteiger partial charge >= 0.3 is 12.1 Å². The predicted octanol–water partition coefficient (Wildman–Crippen LogP) is 0.215. The normalized spacial score (nSPS) is 12.7. The average Bonchev–Trinajstić information content (AvgIpc) is 2.58. The van der Waals surface area contributed by atoms with Gasteiger partial charge in [0.1, 0.15) is 6.04 Å². The summed E-state index contributed by atoms with van der Waals surface area (Å²) in [7, 11) is 3.62. The number of hydrogen-bond donors (Lipinski definition) is 2. The molecule has 1 aromatic rings. The number of methoxy groups -OCH3 is 3. The molecule has 0 fully saturated rings. The highest BCUT2D eigenvalue weighted by molar-refractivity contribution is 5.89. The Balaban J connectivity index is 2.83. The number of esters is 1. The molecule has 2 atom stereocenters. The van der Waals surface area contributed by atoms with Crippen molar-refractivity contribution < 1.29 is 28.6 Å². The van der Waals surface area contributed by atoms with Crippen molar-refractivity contribution in [2.45, 2.75) is 18.7 Å². The Morgan fingerprint density at radius 3 is 2.17 bits per heavy atom. The van der Waals surface area contributed by atoms with Crippen LogP contribution in [0.15, 0.2) is 30.3 Å². The summed E-state index contributed by atoms with van der Waals surface area (Å²) in [5, 5.41) is 4.78. The number of rotatable bonds is 7. The highest BCUT2D eigenvalue weighted by Crippen LogP contribution is 2.04. The molecule has 8 nitrogen and oxygen atoms in total. The second kappa shape index (κ2) is 9.42. The Morgan fingerprint density at radius 2 is 1.65 bits per heavy atom. The van der Waals surface area contributed by atoms with Crippen LogP contribution in [0.5, 0.6) is 0 Å². The second-order valence-electron chi connectivity index (χ2n) is 4.53. The summed E-state index contributed by atoms with van der Waals surface area (Å²) >= 11 is 0. The first kappa shape index (κ1) is 18.4. The van der Waals surface area contributed by atoms with Crippen LogP contribution in [-0.2, 0) is 30.2 Å².